The minimum Gasteiger partial charge on any atom is -0.480 e. The van der Waals surface area contributed by atoms with Gasteiger partial charge in [-0.1, -0.05) is 11.6 Å². The monoisotopic (exact) mass is 326 g/mol. The second kappa shape index (κ2) is 7.49. The van der Waals surface area contributed by atoms with Crippen molar-refractivity contribution in [2.24, 2.45) is 5.73 Å². The van der Waals surface area contributed by atoms with E-state index in [9.17, 15) is 4.79 Å². The van der Waals surface area contributed by atoms with Crippen LogP contribution in [0.3, 0.4) is 0 Å². The fraction of sp³-hybridized carbons (Fsp3) is 0.286. The highest BCUT2D eigenvalue weighted by Crippen LogP contribution is 2.22. The Morgan fingerprint density at radius 2 is 2.14 bits per heavy atom. The number of carboxylic acid groups (broad SMARTS) is 1. The smallest absolute Gasteiger partial charge is 0.320 e. The van der Waals surface area contributed by atoms with Crippen molar-refractivity contribution in [1.29, 1.82) is 0 Å². The molecule has 1 unspecified atom stereocenters. The molecule has 3 N–H and O–H groups in total. The SMILES string of the molecule is NC(CCSCc1coc(-c2ccc(Cl)cc2)n1)C(=O)O. The number of aliphatic carboxylic acids is 1. The summed E-state index contributed by atoms with van der Waals surface area (Å²) in [6.45, 7) is 0. The Bertz CT molecular complexity index is 601. The first-order valence-electron chi connectivity index (χ1n) is 6.32. The number of benzene rings is 1. The summed E-state index contributed by atoms with van der Waals surface area (Å²) in [7, 11) is 0. The van der Waals surface area contributed by atoms with Crippen LogP contribution in [-0.2, 0) is 10.5 Å². The van der Waals surface area contributed by atoms with E-state index in [1.807, 2.05) is 12.1 Å². The third-order valence-electron chi connectivity index (χ3n) is 2.78. The van der Waals surface area contributed by atoms with E-state index in [2.05, 4.69) is 4.98 Å². The number of oxazole rings is 1. The predicted molar refractivity (Wildman–Crippen MR) is 83.3 cm³/mol. The van der Waals surface area contributed by atoms with Gasteiger partial charge in [0.1, 0.15) is 12.3 Å². The summed E-state index contributed by atoms with van der Waals surface area (Å²) < 4.78 is 5.42. The molecule has 2 rings (SSSR count). The topological polar surface area (TPSA) is 89.4 Å². The van der Waals surface area contributed by atoms with Gasteiger partial charge in [0.2, 0.25) is 5.89 Å². The summed E-state index contributed by atoms with van der Waals surface area (Å²) in [5, 5.41) is 9.34. The zero-order chi connectivity index (χ0) is 15.2. The summed E-state index contributed by atoms with van der Waals surface area (Å²) in [6, 6.07) is 6.44. The van der Waals surface area contributed by atoms with Crippen molar-refractivity contribution < 1.29 is 14.3 Å². The number of hydrogen-bond acceptors (Lipinski definition) is 5. The maximum Gasteiger partial charge on any atom is 0.320 e. The number of nitrogens with zero attached hydrogens (tertiary/aromatic N) is 1. The highest BCUT2D eigenvalue weighted by atomic mass is 35.5. The second-order valence-electron chi connectivity index (χ2n) is 4.44. The van der Waals surface area contributed by atoms with Gasteiger partial charge in [0.05, 0.1) is 5.69 Å². The Kier molecular flexibility index (Phi) is 5.67. The molecule has 21 heavy (non-hydrogen) atoms. The van der Waals surface area contributed by atoms with E-state index in [0.29, 0.717) is 28.8 Å². The van der Waals surface area contributed by atoms with Gasteiger partial charge in [-0.2, -0.15) is 11.8 Å². The predicted octanol–water partition coefficient (Wildman–Crippen LogP) is 3.03. The zero-order valence-electron chi connectivity index (χ0n) is 11.2. The standard InChI is InChI=1S/C14H15ClN2O3S/c15-10-3-1-9(2-4-10)13-17-11(7-20-13)8-21-6-5-12(16)14(18)19/h1-4,7,12H,5-6,8,16H2,(H,18,19). The third kappa shape index (κ3) is 4.77. The fourth-order valence-electron chi connectivity index (χ4n) is 1.61. The molecule has 0 aliphatic carbocycles. The molecule has 112 valence electrons. The molecular formula is C14H15ClN2O3S. The molecule has 0 amide bonds. The van der Waals surface area contributed by atoms with Gasteiger partial charge >= 0.3 is 5.97 Å². The van der Waals surface area contributed by atoms with Crippen LogP contribution in [0.2, 0.25) is 5.02 Å². The minimum absolute atomic E-state index is 0.432. The number of rotatable bonds is 7. The molecule has 0 aliphatic rings. The van der Waals surface area contributed by atoms with Crippen molar-refractivity contribution in [3.8, 4) is 11.5 Å². The van der Waals surface area contributed by atoms with Crippen LogP contribution in [0.1, 0.15) is 12.1 Å². The summed E-state index contributed by atoms with van der Waals surface area (Å²) in [6.07, 6.45) is 2.04. The van der Waals surface area contributed by atoms with Crippen LogP contribution in [-0.4, -0.2) is 27.9 Å². The lowest BCUT2D eigenvalue weighted by Crippen LogP contribution is -2.30. The molecule has 0 aliphatic heterocycles. The highest BCUT2D eigenvalue weighted by Gasteiger charge is 2.11. The van der Waals surface area contributed by atoms with Crippen molar-refractivity contribution in [1.82, 2.24) is 4.98 Å². The Morgan fingerprint density at radius 1 is 1.43 bits per heavy atom. The molecule has 0 saturated heterocycles. The van der Waals surface area contributed by atoms with Crippen LogP contribution in [0.5, 0.6) is 0 Å². The molecule has 0 bridgehead atoms. The van der Waals surface area contributed by atoms with E-state index in [1.165, 1.54) is 0 Å². The summed E-state index contributed by atoms with van der Waals surface area (Å²) in [5.74, 6) is 0.895. The van der Waals surface area contributed by atoms with E-state index in [0.717, 1.165) is 11.3 Å². The van der Waals surface area contributed by atoms with Crippen LogP contribution in [0.15, 0.2) is 34.9 Å². The van der Waals surface area contributed by atoms with E-state index in [-0.39, 0.29) is 0 Å². The Labute approximate surface area is 131 Å². The van der Waals surface area contributed by atoms with Crippen molar-refractivity contribution in [3.05, 3.63) is 41.2 Å². The summed E-state index contributed by atoms with van der Waals surface area (Å²) >= 11 is 7.41. The number of aromatic nitrogens is 1. The maximum atomic E-state index is 10.6. The second-order valence-corrected chi connectivity index (χ2v) is 5.98. The first kappa shape index (κ1) is 15.9. The number of carbonyl (C=O) groups is 1. The van der Waals surface area contributed by atoms with Gasteiger partial charge in [-0.15, -0.1) is 0 Å². The number of carboxylic acids is 1. The van der Waals surface area contributed by atoms with Crippen molar-refractivity contribution >= 4 is 29.3 Å². The maximum absolute atomic E-state index is 10.6. The van der Waals surface area contributed by atoms with Gasteiger partial charge in [0.25, 0.3) is 0 Å². The summed E-state index contributed by atoms with van der Waals surface area (Å²) in [5.41, 5.74) is 7.11. The molecule has 7 heteroatoms. The van der Waals surface area contributed by atoms with Crippen molar-refractivity contribution in [2.45, 2.75) is 18.2 Å². The first-order valence-corrected chi connectivity index (χ1v) is 7.86. The molecule has 2 aromatic rings. The minimum atomic E-state index is -0.970. The fourth-order valence-corrected chi connectivity index (χ4v) is 2.64. The molecule has 0 fully saturated rings. The van der Waals surface area contributed by atoms with Gasteiger partial charge in [0, 0.05) is 16.3 Å². The number of halogens is 1. The Morgan fingerprint density at radius 3 is 2.81 bits per heavy atom. The van der Waals surface area contributed by atoms with Crippen LogP contribution < -0.4 is 5.73 Å². The van der Waals surface area contributed by atoms with Crippen LogP contribution in [0.4, 0.5) is 0 Å². The number of thioether (sulfide) groups is 1. The summed E-state index contributed by atoms with van der Waals surface area (Å²) in [4.78, 5) is 15.0. The largest absolute Gasteiger partial charge is 0.480 e. The van der Waals surface area contributed by atoms with Crippen LogP contribution >= 0.6 is 23.4 Å². The lowest BCUT2D eigenvalue weighted by atomic mass is 10.2. The molecule has 1 atom stereocenters. The first-order chi connectivity index (χ1) is 10.1. The van der Waals surface area contributed by atoms with Crippen LogP contribution in [0.25, 0.3) is 11.5 Å². The number of nitrogens with two attached hydrogens (primary N) is 1. The molecular weight excluding hydrogens is 312 g/mol. The lowest BCUT2D eigenvalue weighted by molar-refractivity contribution is -0.138. The van der Waals surface area contributed by atoms with Gasteiger partial charge in [-0.3, -0.25) is 4.79 Å². The van der Waals surface area contributed by atoms with Gasteiger partial charge in [-0.25, -0.2) is 4.98 Å². The van der Waals surface area contributed by atoms with E-state index in [1.54, 1.807) is 30.2 Å². The van der Waals surface area contributed by atoms with Gasteiger partial charge in [0.15, 0.2) is 0 Å². The molecule has 1 aromatic carbocycles. The zero-order valence-corrected chi connectivity index (χ0v) is 12.7. The third-order valence-corrected chi connectivity index (χ3v) is 4.06. The average Bonchev–Trinajstić information content (AvgIpc) is 2.93. The Hall–Kier alpha value is -1.50. The molecule has 1 aromatic heterocycles. The Balaban J connectivity index is 1.83. The molecule has 1 heterocycles. The number of hydrogen-bond donors (Lipinski definition) is 2. The average molecular weight is 327 g/mol. The van der Waals surface area contributed by atoms with Gasteiger partial charge < -0.3 is 15.3 Å². The molecule has 0 saturated carbocycles. The van der Waals surface area contributed by atoms with Crippen LogP contribution in [0, 0.1) is 0 Å². The van der Waals surface area contributed by atoms with E-state index < -0.39 is 12.0 Å². The van der Waals surface area contributed by atoms with E-state index >= 15 is 0 Å². The van der Waals surface area contributed by atoms with Crippen molar-refractivity contribution in [3.63, 3.8) is 0 Å². The normalized spacial score (nSPS) is 12.3. The molecule has 0 radical (unpaired) electrons. The lowest BCUT2D eigenvalue weighted by Gasteiger charge is -2.04. The van der Waals surface area contributed by atoms with Crippen molar-refractivity contribution in [2.75, 3.05) is 5.75 Å². The van der Waals surface area contributed by atoms with Gasteiger partial charge in [-0.05, 0) is 36.4 Å². The molecule has 5 nitrogen and oxygen atoms in total. The molecule has 0 spiro atoms. The van der Waals surface area contributed by atoms with E-state index in [4.69, 9.17) is 26.9 Å². The highest BCUT2D eigenvalue weighted by molar-refractivity contribution is 7.98. The quantitative estimate of drug-likeness (QED) is 0.760.